The van der Waals surface area contributed by atoms with Crippen LogP contribution in [-0.2, 0) is 11.2 Å². The summed E-state index contributed by atoms with van der Waals surface area (Å²) in [5.74, 6) is 0.127. The molecule has 2 aromatic rings. The number of nitrogens with two attached hydrogens (primary N) is 1. The van der Waals surface area contributed by atoms with Crippen molar-refractivity contribution in [3.8, 4) is 11.4 Å². The smallest absolute Gasteiger partial charge is 0.343 e. The zero-order valence-corrected chi connectivity index (χ0v) is 11.8. The molecule has 0 saturated carbocycles. The van der Waals surface area contributed by atoms with Crippen LogP contribution in [0.4, 0.5) is 5.82 Å². The van der Waals surface area contributed by atoms with E-state index in [2.05, 4.69) is 21.6 Å². The molecular formula is C15H17N3O2. The van der Waals surface area contributed by atoms with Gasteiger partial charge in [-0.05, 0) is 18.9 Å². The fourth-order valence-electron chi connectivity index (χ4n) is 1.97. The first-order valence-electron chi connectivity index (χ1n) is 6.38. The number of carbonyl (C=O) groups excluding carboxylic acids is 1. The van der Waals surface area contributed by atoms with Gasteiger partial charge in [0.05, 0.1) is 12.8 Å². The first-order valence-corrected chi connectivity index (χ1v) is 6.38. The van der Waals surface area contributed by atoms with Crippen LogP contribution in [0.1, 0.15) is 28.5 Å². The van der Waals surface area contributed by atoms with E-state index < -0.39 is 5.97 Å². The third kappa shape index (κ3) is 2.61. The minimum atomic E-state index is -0.520. The van der Waals surface area contributed by atoms with Crippen LogP contribution in [0.3, 0.4) is 0 Å². The first kappa shape index (κ1) is 14.0. The highest BCUT2D eigenvalue weighted by molar-refractivity contribution is 5.95. The maximum atomic E-state index is 11.6. The molecule has 20 heavy (non-hydrogen) atoms. The molecule has 1 aromatic heterocycles. The summed E-state index contributed by atoms with van der Waals surface area (Å²) in [5, 5.41) is 0. The molecule has 0 fully saturated rings. The van der Waals surface area contributed by atoms with Crippen LogP contribution in [0.2, 0.25) is 0 Å². The van der Waals surface area contributed by atoms with Crippen molar-refractivity contribution >= 4 is 11.8 Å². The Morgan fingerprint density at radius 2 is 1.90 bits per heavy atom. The van der Waals surface area contributed by atoms with Gasteiger partial charge in [0.2, 0.25) is 0 Å². The second-order valence-corrected chi connectivity index (χ2v) is 4.43. The lowest BCUT2D eigenvalue weighted by molar-refractivity contribution is 0.0600. The van der Waals surface area contributed by atoms with Crippen molar-refractivity contribution in [3.63, 3.8) is 0 Å². The van der Waals surface area contributed by atoms with Gasteiger partial charge in [-0.25, -0.2) is 14.8 Å². The highest BCUT2D eigenvalue weighted by Gasteiger charge is 2.17. The number of carbonyl (C=O) groups is 1. The molecule has 0 radical (unpaired) electrons. The number of hydrogen-bond donors (Lipinski definition) is 1. The average Bonchev–Trinajstić information content (AvgIpc) is 2.46. The van der Waals surface area contributed by atoms with E-state index in [-0.39, 0.29) is 11.4 Å². The van der Waals surface area contributed by atoms with Gasteiger partial charge >= 0.3 is 5.97 Å². The molecule has 104 valence electrons. The fraction of sp³-hybridized carbons (Fsp3) is 0.267. The number of nitrogen functional groups attached to an aromatic ring is 1. The molecule has 1 aromatic carbocycles. The molecule has 0 aliphatic carbocycles. The topological polar surface area (TPSA) is 78.1 Å². The average molecular weight is 271 g/mol. The van der Waals surface area contributed by atoms with Crippen LogP contribution in [0.15, 0.2) is 24.3 Å². The van der Waals surface area contributed by atoms with E-state index in [1.807, 2.05) is 24.3 Å². The normalized spacial score (nSPS) is 10.3. The largest absolute Gasteiger partial charge is 0.465 e. The zero-order chi connectivity index (χ0) is 14.7. The Bertz CT molecular complexity index is 613. The number of ether oxygens (including phenoxy) is 1. The highest BCUT2D eigenvalue weighted by atomic mass is 16.5. The third-order valence-electron chi connectivity index (χ3n) is 3.13. The molecule has 0 saturated heterocycles. The van der Waals surface area contributed by atoms with Crippen molar-refractivity contribution in [2.45, 2.75) is 20.3 Å². The number of rotatable bonds is 3. The van der Waals surface area contributed by atoms with Crippen molar-refractivity contribution in [1.29, 1.82) is 0 Å². The summed E-state index contributed by atoms with van der Waals surface area (Å²) >= 11 is 0. The summed E-state index contributed by atoms with van der Waals surface area (Å²) in [6, 6.07) is 7.95. The van der Waals surface area contributed by atoms with E-state index in [9.17, 15) is 4.79 Å². The molecule has 2 N–H and O–H groups in total. The molecule has 0 spiro atoms. The Morgan fingerprint density at radius 3 is 2.40 bits per heavy atom. The number of benzene rings is 1. The molecule has 0 atom stereocenters. The molecule has 5 heteroatoms. The maximum absolute atomic E-state index is 11.6. The summed E-state index contributed by atoms with van der Waals surface area (Å²) in [7, 11) is 1.30. The molecular weight excluding hydrogens is 254 g/mol. The lowest BCUT2D eigenvalue weighted by Gasteiger charge is -2.09. The molecule has 2 rings (SSSR count). The number of aromatic nitrogens is 2. The Hall–Kier alpha value is -2.43. The van der Waals surface area contributed by atoms with Crippen LogP contribution in [0.5, 0.6) is 0 Å². The number of esters is 1. The van der Waals surface area contributed by atoms with Gasteiger partial charge in [0.15, 0.2) is 5.82 Å². The zero-order valence-electron chi connectivity index (χ0n) is 11.8. The van der Waals surface area contributed by atoms with Crippen LogP contribution in [0, 0.1) is 6.92 Å². The fourth-order valence-corrected chi connectivity index (χ4v) is 1.97. The van der Waals surface area contributed by atoms with E-state index in [0.29, 0.717) is 11.5 Å². The summed E-state index contributed by atoms with van der Waals surface area (Å²) < 4.78 is 4.67. The first-order chi connectivity index (χ1) is 9.56. The van der Waals surface area contributed by atoms with E-state index in [4.69, 9.17) is 5.73 Å². The minimum absolute atomic E-state index is 0.138. The summed E-state index contributed by atoms with van der Waals surface area (Å²) in [5.41, 5.74) is 8.69. The lowest BCUT2D eigenvalue weighted by atomic mass is 10.1. The highest BCUT2D eigenvalue weighted by Crippen LogP contribution is 2.21. The molecule has 0 bridgehead atoms. The van der Waals surface area contributed by atoms with Crippen molar-refractivity contribution in [1.82, 2.24) is 9.97 Å². The second kappa shape index (κ2) is 5.69. The standard InChI is InChI=1S/C15H17N3O2/c1-4-10-5-7-11(8-6-10)14-17-9(2)12(13(16)18-14)15(19)20-3/h5-8H,4H2,1-3H3,(H2,16,17,18). The van der Waals surface area contributed by atoms with Crippen LogP contribution in [0.25, 0.3) is 11.4 Å². The Kier molecular flexibility index (Phi) is 3.98. The SMILES string of the molecule is CCc1ccc(-c2nc(C)c(C(=O)OC)c(N)n2)cc1. The van der Waals surface area contributed by atoms with Gasteiger partial charge in [-0.15, -0.1) is 0 Å². The van der Waals surface area contributed by atoms with Crippen molar-refractivity contribution in [3.05, 3.63) is 41.1 Å². The Morgan fingerprint density at radius 1 is 1.25 bits per heavy atom. The summed E-state index contributed by atoms with van der Waals surface area (Å²) in [4.78, 5) is 20.1. The minimum Gasteiger partial charge on any atom is -0.465 e. The van der Waals surface area contributed by atoms with E-state index >= 15 is 0 Å². The number of nitrogens with zero attached hydrogens (tertiary/aromatic N) is 2. The van der Waals surface area contributed by atoms with Gasteiger partial charge in [-0.1, -0.05) is 31.2 Å². The third-order valence-corrected chi connectivity index (χ3v) is 3.13. The van der Waals surface area contributed by atoms with Gasteiger partial charge in [0, 0.05) is 5.56 Å². The Balaban J connectivity index is 2.46. The quantitative estimate of drug-likeness (QED) is 0.867. The van der Waals surface area contributed by atoms with Gasteiger partial charge in [0.1, 0.15) is 11.4 Å². The van der Waals surface area contributed by atoms with E-state index in [1.54, 1.807) is 6.92 Å². The van der Waals surface area contributed by atoms with E-state index in [1.165, 1.54) is 12.7 Å². The monoisotopic (exact) mass is 271 g/mol. The number of methoxy groups -OCH3 is 1. The van der Waals surface area contributed by atoms with Gasteiger partial charge in [-0.3, -0.25) is 0 Å². The van der Waals surface area contributed by atoms with Gasteiger partial charge in [-0.2, -0.15) is 0 Å². The number of hydrogen-bond acceptors (Lipinski definition) is 5. The molecule has 5 nitrogen and oxygen atoms in total. The number of aryl methyl sites for hydroxylation is 2. The van der Waals surface area contributed by atoms with Crippen molar-refractivity contribution < 1.29 is 9.53 Å². The lowest BCUT2D eigenvalue weighted by Crippen LogP contribution is -2.12. The molecule has 0 amide bonds. The molecule has 0 aliphatic rings. The molecule has 0 aliphatic heterocycles. The Labute approximate surface area is 117 Å². The van der Waals surface area contributed by atoms with Gasteiger partial charge in [0.25, 0.3) is 0 Å². The van der Waals surface area contributed by atoms with Crippen LogP contribution in [-0.4, -0.2) is 23.0 Å². The van der Waals surface area contributed by atoms with E-state index in [0.717, 1.165) is 12.0 Å². The van der Waals surface area contributed by atoms with Crippen molar-refractivity contribution in [2.75, 3.05) is 12.8 Å². The maximum Gasteiger partial charge on any atom is 0.343 e. The molecule has 0 unspecified atom stereocenters. The predicted molar refractivity (Wildman–Crippen MR) is 77.3 cm³/mol. The number of anilines is 1. The van der Waals surface area contributed by atoms with Gasteiger partial charge < -0.3 is 10.5 Å². The second-order valence-electron chi connectivity index (χ2n) is 4.43. The van der Waals surface area contributed by atoms with Crippen LogP contribution < -0.4 is 5.73 Å². The summed E-state index contributed by atoms with van der Waals surface area (Å²) in [6.45, 7) is 3.81. The molecule has 1 heterocycles. The summed E-state index contributed by atoms with van der Waals surface area (Å²) in [6.07, 6.45) is 0.976. The van der Waals surface area contributed by atoms with Crippen LogP contribution >= 0.6 is 0 Å². The van der Waals surface area contributed by atoms with Crippen molar-refractivity contribution in [2.24, 2.45) is 0 Å². The predicted octanol–water partition coefficient (Wildman–Crippen LogP) is 2.38.